The number of halogens is 1. The quantitative estimate of drug-likeness (QED) is 0.894. The highest BCUT2D eigenvalue weighted by atomic mass is 35.5. The van der Waals surface area contributed by atoms with Crippen LogP contribution in [-0.2, 0) is 0 Å². The number of rotatable bonds is 2. The summed E-state index contributed by atoms with van der Waals surface area (Å²) in [7, 11) is 1.55. The molecule has 1 aromatic rings. The zero-order valence-electron chi connectivity index (χ0n) is 10.4. The summed E-state index contributed by atoms with van der Waals surface area (Å²) in [6.45, 7) is 1.66. The molecule has 0 unspecified atom stereocenters. The third kappa shape index (κ3) is 3.07. The molecule has 1 heterocycles. The van der Waals surface area contributed by atoms with Gasteiger partial charge in [0.25, 0.3) is 0 Å². The average molecular weight is 269 g/mol. The summed E-state index contributed by atoms with van der Waals surface area (Å²) >= 11 is 5.93. The lowest BCUT2D eigenvalue weighted by molar-refractivity contribution is 0.200. The van der Waals surface area contributed by atoms with Crippen LogP contribution in [0.4, 0.5) is 10.5 Å². The fraction of sp³-hybridized carbons (Fsp3) is 0.462. The largest absolute Gasteiger partial charge is 0.495 e. The van der Waals surface area contributed by atoms with Crippen LogP contribution >= 0.6 is 11.6 Å². The number of carbonyl (C=O) groups excluding carboxylic acids is 1. The van der Waals surface area contributed by atoms with Crippen molar-refractivity contribution in [2.45, 2.75) is 19.3 Å². The lowest BCUT2D eigenvalue weighted by atomic mass is 10.1. The maximum absolute atomic E-state index is 12.0. The number of urea groups is 1. The fourth-order valence-electron chi connectivity index (χ4n) is 2.04. The summed E-state index contributed by atoms with van der Waals surface area (Å²) in [4.78, 5) is 13.8. The van der Waals surface area contributed by atoms with Crippen LogP contribution in [0.2, 0.25) is 5.02 Å². The number of hydrogen-bond donors (Lipinski definition) is 1. The van der Waals surface area contributed by atoms with Crippen molar-refractivity contribution in [3.05, 3.63) is 23.2 Å². The van der Waals surface area contributed by atoms with E-state index < -0.39 is 0 Å². The van der Waals surface area contributed by atoms with Crippen LogP contribution in [-0.4, -0.2) is 31.1 Å². The SMILES string of the molecule is COc1cc(NC(=O)N2CCCCC2)ccc1Cl. The van der Waals surface area contributed by atoms with Crippen molar-refractivity contribution < 1.29 is 9.53 Å². The Kier molecular flexibility index (Phi) is 4.31. The van der Waals surface area contributed by atoms with Gasteiger partial charge in [0.1, 0.15) is 5.75 Å². The molecule has 0 bridgehead atoms. The summed E-state index contributed by atoms with van der Waals surface area (Å²) in [5, 5.41) is 3.40. The lowest BCUT2D eigenvalue weighted by Gasteiger charge is -2.26. The summed E-state index contributed by atoms with van der Waals surface area (Å²) in [6.07, 6.45) is 3.37. The Bertz CT molecular complexity index is 431. The van der Waals surface area contributed by atoms with Crippen LogP contribution in [0.5, 0.6) is 5.75 Å². The van der Waals surface area contributed by atoms with E-state index in [1.165, 1.54) is 6.42 Å². The predicted octanol–water partition coefficient (Wildman–Crippen LogP) is 3.37. The second kappa shape index (κ2) is 5.96. The maximum Gasteiger partial charge on any atom is 0.321 e. The molecule has 2 rings (SSSR count). The number of hydrogen-bond acceptors (Lipinski definition) is 2. The van der Waals surface area contributed by atoms with Gasteiger partial charge in [0.15, 0.2) is 0 Å². The monoisotopic (exact) mass is 268 g/mol. The Labute approximate surface area is 112 Å². The van der Waals surface area contributed by atoms with Gasteiger partial charge < -0.3 is 15.0 Å². The number of nitrogens with one attached hydrogen (secondary N) is 1. The van der Waals surface area contributed by atoms with Crippen LogP contribution in [0.15, 0.2) is 18.2 Å². The average Bonchev–Trinajstić information content (AvgIpc) is 2.42. The van der Waals surface area contributed by atoms with Crippen molar-refractivity contribution in [3.63, 3.8) is 0 Å². The van der Waals surface area contributed by atoms with E-state index >= 15 is 0 Å². The molecule has 0 radical (unpaired) electrons. The van der Waals surface area contributed by atoms with Crippen LogP contribution in [0.25, 0.3) is 0 Å². The van der Waals surface area contributed by atoms with E-state index in [1.54, 1.807) is 25.3 Å². The van der Waals surface area contributed by atoms with Crippen molar-refractivity contribution in [3.8, 4) is 5.75 Å². The van der Waals surface area contributed by atoms with Gasteiger partial charge in [-0.2, -0.15) is 0 Å². The van der Waals surface area contributed by atoms with Gasteiger partial charge in [-0.3, -0.25) is 0 Å². The third-order valence-corrected chi connectivity index (χ3v) is 3.36. The van der Waals surface area contributed by atoms with Crippen molar-refractivity contribution in [1.29, 1.82) is 0 Å². The molecule has 1 saturated heterocycles. The molecule has 0 saturated carbocycles. The highest BCUT2D eigenvalue weighted by Crippen LogP contribution is 2.27. The number of ether oxygens (including phenoxy) is 1. The highest BCUT2D eigenvalue weighted by molar-refractivity contribution is 6.32. The van der Waals surface area contributed by atoms with Crippen LogP contribution in [0, 0.1) is 0 Å². The number of carbonyl (C=O) groups is 1. The molecule has 0 spiro atoms. The normalized spacial score (nSPS) is 15.3. The van der Waals surface area contributed by atoms with E-state index in [0.717, 1.165) is 25.9 Å². The van der Waals surface area contributed by atoms with E-state index in [1.807, 2.05) is 4.90 Å². The van der Waals surface area contributed by atoms with Crippen molar-refractivity contribution >= 4 is 23.3 Å². The second-order valence-electron chi connectivity index (χ2n) is 4.33. The first kappa shape index (κ1) is 13.0. The van der Waals surface area contributed by atoms with Gasteiger partial charge in [-0.15, -0.1) is 0 Å². The molecular weight excluding hydrogens is 252 g/mol. The number of piperidine rings is 1. The molecule has 4 nitrogen and oxygen atoms in total. The van der Waals surface area contributed by atoms with E-state index in [4.69, 9.17) is 16.3 Å². The first-order valence-electron chi connectivity index (χ1n) is 6.10. The topological polar surface area (TPSA) is 41.6 Å². The van der Waals surface area contributed by atoms with Crippen molar-refractivity contribution in [1.82, 2.24) is 4.90 Å². The maximum atomic E-state index is 12.0. The van der Waals surface area contributed by atoms with Crippen molar-refractivity contribution in [2.24, 2.45) is 0 Å². The van der Waals surface area contributed by atoms with Crippen molar-refractivity contribution in [2.75, 3.05) is 25.5 Å². The molecule has 18 heavy (non-hydrogen) atoms. The molecule has 98 valence electrons. The molecule has 5 heteroatoms. The molecule has 0 aliphatic carbocycles. The Morgan fingerprint density at radius 3 is 2.72 bits per heavy atom. The number of benzene rings is 1. The van der Waals surface area contributed by atoms with Gasteiger partial charge in [0.05, 0.1) is 12.1 Å². The highest BCUT2D eigenvalue weighted by Gasteiger charge is 2.16. The van der Waals surface area contributed by atoms with E-state index in [0.29, 0.717) is 16.5 Å². The van der Waals surface area contributed by atoms with E-state index in [2.05, 4.69) is 5.32 Å². The number of amides is 2. The number of nitrogens with zero attached hydrogens (tertiary/aromatic N) is 1. The fourth-order valence-corrected chi connectivity index (χ4v) is 2.23. The number of methoxy groups -OCH3 is 1. The molecule has 0 aromatic heterocycles. The first-order chi connectivity index (χ1) is 8.70. The molecule has 2 amide bonds. The molecule has 1 aliphatic heterocycles. The Morgan fingerprint density at radius 2 is 2.06 bits per heavy atom. The van der Waals surface area contributed by atoms with E-state index in [-0.39, 0.29) is 6.03 Å². The molecule has 1 fully saturated rings. The van der Waals surface area contributed by atoms with Gasteiger partial charge in [0, 0.05) is 24.8 Å². The zero-order valence-corrected chi connectivity index (χ0v) is 11.2. The summed E-state index contributed by atoms with van der Waals surface area (Å²) in [5.41, 5.74) is 0.701. The van der Waals surface area contributed by atoms with Gasteiger partial charge in [-0.1, -0.05) is 11.6 Å². The summed E-state index contributed by atoms with van der Waals surface area (Å²) in [6, 6.07) is 5.15. The lowest BCUT2D eigenvalue weighted by Crippen LogP contribution is -2.38. The molecule has 1 aromatic carbocycles. The predicted molar refractivity (Wildman–Crippen MR) is 72.4 cm³/mol. The van der Waals surface area contributed by atoms with E-state index in [9.17, 15) is 4.79 Å². The Balaban J connectivity index is 2.02. The molecular formula is C13H17ClN2O2. The van der Waals surface area contributed by atoms with Crippen LogP contribution in [0.1, 0.15) is 19.3 Å². The standard InChI is InChI=1S/C13H17ClN2O2/c1-18-12-9-10(5-6-11(12)14)15-13(17)16-7-3-2-4-8-16/h5-6,9H,2-4,7-8H2,1H3,(H,15,17). The van der Waals surface area contributed by atoms with Gasteiger partial charge in [-0.25, -0.2) is 4.79 Å². The minimum absolute atomic E-state index is 0.0564. The smallest absolute Gasteiger partial charge is 0.321 e. The van der Waals surface area contributed by atoms with Crippen LogP contribution < -0.4 is 10.1 Å². The van der Waals surface area contributed by atoms with Gasteiger partial charge in [0.2, 0.25) is 0 Å². The van der Waals surface area contributed by atoms with Gasteiger partial charge in [-0.05, 0) is 31.4 Å². The molecule has 0 atom stereocenters. The summed E-state index contributed by atoms with van der Waals surface area (Å²) < 4.78 is 5.12. The third-order valence-electron chi connectivity index (χ3n) is 3.05. The van der Waals surface area contributed by atoms with Crippen LogP contribution in [0.3, 0.4) is 0 Å². The Morgan fingerprint density at radius 1 is 1.33 bits per heavy atom. The minimum atomic E-state index is -0.0564. The molecule has 1 aliphatic rings. The molecule has 1 N–H and O–H groups in total. The Hall–Kier alpha value is -1.42. The number of likely N-dealkylation sites (tertiary alicyclic amines) is 1. The first-order valence-corrected chi connectivity index (χ1v) is 6.48. The second-order valence-corrected chi connectivity index (χ2v) is 4.73. The number of anilines is 1. The summed E-state index contributed by atoms with van der Waals surface area (Å²) in [5.74, 6) is 0.563. The van der Waals surface area contributed by atoms with Gasteiger partial charge >= 0.3 is 6.03 Å². The minimum Gasteiger partial charge on any atom is -0.495 e. The zero-order chi connectivity index (χ0) is 13.0.